The molecule has 5 nitrogen and oxygen atoms in total. The van der Waals surface area contributed by atoms with Crippen LogP contribution in [0, 0.1) is 23.4 Å². The average Bonchev–Trinajstić information content (AvgIpc) is 3.34. The lowest BCUT2D eigenvalue weighted by atomic mass is 10.3. The van der Waals surface area contributed by atoms with Crippen molar-refractivity contribution in [1.82, 2.24) is 10.2 Å². The molecule has 0 spiro atoms. The van der Waals surface area contributed by atoms with E-state index in [4.69, 9.17) is 0 Å². The molecule has 1 fully saturated rings. The Bertz CT molecular complexity index is 717. The predicted octanol–water partition coefficient (Wildman–Crippen LogP) is 2.99. The van der Waals surface area contributed by atoms with Gasteiger partial charge >= 0.3 is 0 Å². The summed E-state index contributed by atoms with van der Waals surface area (Å²) in [6.45, 7) is 0. The number of nitrogens with one attached hydrogen (secondary N) is 2. The molecular weight excluding hydrogens is 297 g/mol. The van der Waals surface area contributed by atoms with Gasteiger partial charge in [-0.25, -0.2) is 13.2 Å². The van der Waals surface area contributed by atoms with Crippen LogP contribution in [0.3, 0.4) is 0 Å². The van der Waals surface area contributed by atoms with Crippen LogP contribution in [0.15, 0.2) is 24.3 Å². The summed E-state index contributed by atoms with van der Waals surface area (Å²) in [7, 11) is 0. The number of nitrogens with zero attached hydrogens (tertiary/aromatic N) is 2. The fourth-order valence-corrected chi connectivity index (χ4v) is 1.80. The van der Waals surface area contributed by atoms with Crippen LogP contribution in [-0.4, -0.2) is 16.1 Å². The molecule has 1 aromatic carbocycles. The SMILES string of the molecule is O=C(Nc1ccc(Nc2ccc(F)c(F)c2F)nn1)C1CC1. The second-order valence-corrected chi connectivity index (χ2v) is 4.92. The molecular formula is C14H11F3N4O. The van der Waals surface area contributed by atoms with Gasteiger partial charge < -0.3 is 10.6 Å². The van der Waals surface area contributed by atoms with Gasteiger partial charge in [-0.2, -0.15) is 0 Å². The minimum atomic E-state index is -1.56. The van der Waals surface area contributed by atoms with Crippen LogP contribution in [0.2, 0.25) is 0 Å². The largest absolute Gasteiger partial charge is 0.336 e. The molecule has 1 heterocycles. The molecule has 8 heteroatoms. The number of amides is 1. The highest BCUT2D eigenvalue weighted by Crippen LogP contribution is 2.30. The van der Waals surface area contributed by atoms with Crippen molar-refractivity contribution in [1.29, 1.82) is 0 Å². The Hall–Kier alpha value is -2.64. The van der Waals surface area contributed by atoms with Gasteiger partial charge in [0.05, 0.1) is 5.69 Å². The van der Waals surface area contributed by atoms with Gasteiger partial charge in [-0.1, -0.05) is 0 Å². The molecule has 22 heavy (non-hydrogen) atoms. The summed E-state index contributed by atoms with van der Waals surface area (Å²) in [4.78, 5) is 11.5. The van der Waals surface area contributed by atoms with Gasteiger partial charge in [-0.05, 0) is 37.1 Å². The van der Waals surface area contributed by atoms with Gasteiger partial charge in [0.1, 0.15) is 0 Å². The minimum Gasteiger partial charge on any atom is -0.336 e. The lowest BCUT2D eigenvalue weighted by molar-refractivity contribution is -0.117. The summed E-state index contributed by atoms with van der Waals surface area (Å²) in [5.74, 6) is -3.84. The molecule has 1 aliphatic rings. The first kappa shape index (κ1) is 14.3. The molecule has 0 saturated heterocycles. The highest BCUT2D eigenvalue weighted by atomic mass is 19.2. The van der Waals surface area contributed by atoms with Crippen LogP contribution in [0.5, 0.6) is 0 Å². The Morgan fingerprint density at radius 1 is 1.00 bits per heavy atom. The fraction of sp³-hybridized carbons (Fsp3) is 0.214. The first-order valence-electron chi connectivity index (χ1n) is 6.59. The standard InChI is InChI=1S/C14H11F3N4O/c15-8-3-4-9(13(17)12(8)16)18-10-5-6-11(21-20-10)19-14(22)7-1-2-7/h3-7H,1-2H2,(H,18,20)(H,19,21,22). The van der Waals surface area contributed by atoms with Crippen LogP contribution in [0.4, 0.5) is 30.5 Å². The number of carbonyl (C=O) groups is 1. The van der Waals surface area contributed by atoms with E-state index in [1.165, 1.54) is 12.1 Å². The summed E-state index contributed by atoms with van der Waals surface area (Å²) < 4.78 is 39.5. The second kappa shape index (κ2) is 5.63. The molecule has 1 aromatic heterocycles. The lowest BCUT2D eigenvalue weighted by Crippen LogP contribution is -2.14. The van der Waals surface area contributed by atoms with Crippen molar-refractivity contribution in [3.63, 3.8) is 0 Å². The number of halogens is 3. The van der Waals surface area contributed by atoms with Crippen LogP contribution in [0.1, 0.15) is 12.8 Å². The van der Waals surface area contributed by atoms with E-state index in [-0.39, 0.29) is 29.1 Å². The highest BCUT2D eigenvalue weighted by molar-refractivity contribution is 5.93. The average molecular weight is 308 g/mol. The topological polar surface area (TPSA) is 66.9 Å². The van der Waals surface area contributed by atoms with Crippen LogP contribution in [-0.2, 0) is 4.79 Å². The van der Waals surface area contributed by atoms with E-state index in [1.807, 2.05) is 0 Å². The molecule has 114 valence electrons. The molecule has 1 aliphatic carbocycles. The third kappa shape index (κ3) is 3.00. The van der Waals surface area contributed by atoms with Crippen molar-refractivity contribution in [2.45, 2.75) is 12.8 Å². The quantitative estimate of drug-likeness (QED) is 0.852. The molecule has 0 radical (unpaired) electrons. The van der Waals surface area contributed by atoms with E-state index in [0.29, 0.717) is 0 Å². The normalized spacial score (nSPS) is 13.8. The van der Waals surface area contributed by atoms with Gasteiger partial charge in [-0.3, -0.25) is 4.79 Å². The fourth-order valence-electron chi connectivity index (χ4n) is 1.80. The van der Waals surface area contributed by atoms with E-state index >= 15 is 0 Å². The third-order valence-electron chi connectivity index (χ3n) is 3.16. The Labute approximate surface area is 123 Å². The molecule has 0 atom stereocenters. The maximum Gasteiger partial charge on any atom is 0.228 e. The van der Waals surface area contributed by atoms with Crippen molar-refractivity contribution in [2.75, 3.05) is 10.6 Å². The summed E-state index contributed by atoms with van der Waals surface area (Å²) in [5.41, 5.74) is -0.261. The monoisotopic (exact) mass is 308 g/mol. The molecule has 0 aliphatic heterocycles. The first-order chi connectivity index (χ1) is 10.5. The summed E-state index contributed by atoms with van der Waals surface area (Å²) in [5, 5.41) is 12.6. The van der Waals surface area contributed by atoms with Crippen molar-refractivity contribution in [3.05, 3.63) is 41.7 Å². The maximum absolute atomic E-state index is 13.5. The number of hydrogen-bond acceptors (Lipinski definition) is 4. The smallest absolute Gasteiger partial charge is 0.228 e. The second-order valence-electron chi connectivity index (χ2n) is 4.92. The molecule has 2 aromatic rings. The number of aromatic nitrogens is 2. The zero-order valence-electron chi connectivity index (χ0n) is 11.2. The van der Waals surface area contributed by atoms with Crippen molar-refractivity contribution in [3.8, 4) is 0 Å². The van der Waals surface area contributed by atoms with E-state index < -0.39 is 17.5 Å². The van der Waals surface area contributed by atoms with Crippen molar-refractivity contribution >= 4 is 23.2 Å². The Kier molecular flexibility index (Phi) is 3.66. The maximum atomic E-state index is 13.5. The zero-order valence-corrected chi connectivity index (χ0v) is 11.2. The van der Waals surface area contributed by atoms with Crippen LogP contribution >= 0.6 is 0 Å². The van der Waals surface area contributed by atoms with Gasteiger partial charge in [0.15, 0.2) is 29.1 Å². The number of carbonyl (C=O) groups excluding carboxylic acids is 1. The molecule has 0 unspecified atom stereocenters. The number of benzene rings is 1. The van der Waals surface area contributed by atoms with Gasteiger partial charge in [0.2, 0.25) is 5.91 Å². The Morgan fingerprint density at radius 2 is 1.68 bits per heavy atom. The minimum absolute atomic E-state index is 0.0379. The summed E-state index contributed by atoms with van der Waals surface area (Å²) in [6, 6.07) is 4.78. The zero-order chi connectivity index (χ0) is 15.7. The summed E-state index contributed by atoms with van der Waals surface area (Å²) in [6.07, 6.45) is 1.74. The van der Waals surface area contributed by atoms with E-state index in [0.717, 1.165) is 25.0 Å². The Morgan fingerprint density at radius 3 is 2.32 bits per heavy atom. The Balaban J connectivity index is 1.70. The molecule has 1 amide bonds. The highest BCUT2D eigenvalue weighted by Gasteiger charge is 2.29. The third-order valence-corrected chi connectivity index (χ3v) is 3.16. The van der Waals surface area contributed by atoms with Crippen LogP contribution in [0.25, 0.3) is 0 Å². The number of anilines is 3. The molecule has 1 saturated carbocycles. The first-order valence-corrected chi connectivity index (χ1v) is 6.59. The lowest BCUT2D eigenvalue weighted by Gasteiger charge is -2.08. The van der Waals surface area contributed by atoms with E-state index in [9.17, 15) is 18.0 Å². The molecule has 2 N–H and O–H groups in total. The van der Waals surface area contributed by atoms with E-state index in [1.54, 1.807) is 0 Å². The van der Waals surface area contributed by atoms with Crippen molar-refractivity contribution in [2.24, 2.45) is 5.92 Å². The van der Waals surface area contributed by atoms with Gasteiger partial charge in [0, 0.05) is 5.92 Å². The van der Waals surface area contributed by atoms with Gasteiger partial charge in [0.25, 0.3) is 0 Å². The summed E-state index contributed by atoms with van der Waals surface area (Å²) >= 11 is 0. The molecule has 0 bridgehead atoms. The number of hydrogen-bond donors (Lipinski definition) is 2. The van der Waals surface area contributed by atoms with E-state index in [2.05, 4.69) is 20.8 Å². The van der Waals surface area contributed by atoms with Crippen LogP contribution < -0.4 is 10.6 Å². The van der Waals surface area contributed by atoms with Gasteiger partial charge in [-0.15, -0.1) is 10.2 Å². The van der Waals surface area contributed by atoms with Crippen molar-refractivity contribution < 1.29 is 18.0 Å². The number of rotatable bonds is 4. The predicted molar refractivity (Wildman–Crippen MR) is 73.0 cm³/mol. The molecule has 3 rings (SSSR count).